The molecule has 1 aromatic rings. The summed E-state index contributed by atoms with van der Waals surface area (Å²) < 4.78 is 36.7. The number of likely N-dealkylation sites (tertiary alicyclic amines) is 1. The van der Waals surface area contributed by atoms with Crippen LogP contribution in [0.1, 0.15) is 25.7 Å². The van der Waals surface area contributed by atoms with Crippen LogP contribution in [0.4, 0.5) is 5.69 Å². The van der Waals surface area contributed by atoms with E-state index in [2.05, 4.69) is 0 Å². The van der Waals surface area contributed by atoms with Crippen molar-refractivity contribution in [3.63, 3.8) is 0 Å². The molecule has 0 aromatic heterocycles. The molecule has 2 aliphatic heterocycles. The Morgan fingerprint density at radius 2 is 1.92 bits per heavy atom. The third-order valence-electron chi connectivity index (χ3n) is 4.63. The van der Waals surface area contributed by atoms with Gasteiger partial charge in [-0.3, -0.25) is 9.35 Å². The number of fused-ring (bicyclic) bond motifs is 1. The van der Waals surface area contributed by atoms with E-state index >= 15 is 0 Å². The van der Waals surface area contributed by atoms with Gasteiger partial charge in [0.05, 0.1) is 18.0 Å². The number of carbonyl (C=O) groups is 1. The second kappa shape index (κ2) is 7.61. The predicted octanol–water partition coefficient (Wildman–Crippen LogP) is 1.54. The fraction of sp³-hybridized carbons (Fsp3) is 0.588. The van der Waals surface area contributed by atoms with Gasteiger partial charge >= 0.3 is 0 Å². The van der Waals surface area contributed by atoms with Gasteiger partial charge in [0.25, 0.3) is 16.0 Å². The smallest absolute Gasteiger partial charge is 0.265 e. The van der Waals surface area contributed by atoms with Gasteiger partial charge < -0.3 is 14.5 Å². The second-order valence-electron chi connectivity index (χ2n) is 6.55. The zero-order valence-electron chi connectivity index (χ0n) is 14.1. The van der Waals surface area contributed by atoms with E-state index in [9.17, 15) is 13.2 Å². The van der Waals surface area contributed by atoms with Crippen molar-refractivity contribution in [1.29, 1.82) is 0 Å². The van der Waals surface area contributed by atoms with E-state index < -0.39 is 16.2 Å². The van der Waals surface area contributed by atoms with Crippen molar-refractivity contribution in [3.8, 4) is 5.75 Å². The van der Waals surface area contributed by atoms with E-state index in [1.807, 2.05) is 34.1 Å². The molecule has 1 saturated heterocycles. The average Bonchev–Trinajstić information content (AvgIpc) is 2.60. The zero-order chi connectivity index (χ0) is 17.9. The molecule has 7 nitrogen and oxygen atoms in total. The van der Waals surface area contributed by atoms with Crippen LogP contribution in [0.5, 0.6) is 5.75 Å². The van der Waals surface area contributed by atoms with Gasteiger partial charge in [0.2, 0.25) is 0 Å². The molecule has 1 atom stereocenters. The third kappa shape index (κ3) is 4.64. The summed E-state index contributed by atoms with van der Waals surface area (Å²) in [7, 11) is -3.98. The summed E-state index contributed by atoms with van der Waals surface area (Å²) in [5, 5.41) is 0. The molecule has 2 heterocycles. The van der Waals surface area contributed by atoms with E-state index in [1.165, 1.54) is 0 Å². The van der Waals surface area contributed by atoms with E-state index in [4.69, 9.17) is 9.29 Å². The summed E-state index contributed by atoms with van der Waals surface area (Å²) in [5.74, 6) is 0.335. The van der Waals surface area contributed by atoms with Crippen LogP contribution in [0, 0.1) is 0 Å². The number of benzene rings is 1. The number of hydrogen-bond donors (Lipinski definition) is 1. The Bertz CT molecular complexity index is 716. The summed E-state index contributed by atoms with van der Waals surface area (Å²) in [4.78, 5) is 16.6. The maximum absolute atomic E-state index is 12.8. The lowest BCUT2D eigenvalue weighted by molar-refractivity contribution is -0.139. The minimum Gasteiger partial charge on any atom is -0.477 e. The Kier molecular flexibility index (Phi) is 5.48. The Hall–Kier alpha value is -1.80. The molecule has 138 valence electrons. The van der Waals surface area contributed by atoms with Crippen molar-refractivity contribution >= 4 is 21.7 Å². The number of anilines is 1. The van der Waals surface area contributed by atoms with E-state index in [-0.39, 0.29) is 18.1 Å². The van der Waals surface area contributed by atoms with Crippen molar-refractivity contribution < 1.29 is 22.5 Å². The van der Waals surface area contributed by atoms with Crippen molar-refractivity contribution in [1.82, 2.24) is 4.90 Å². The van der Waals surface area contributed by atoms with Crippen LogP contribution in [0.15, 0.2) is 24.3 Å². The van der Waals surface area contributed by atoms with Crippen LogP contribution in [0.2, 0.25) is 0 Å². The summed E-state index contributed by atoms with van der Waals surface area (Å²) in [5.41, 5.74) is 0.848. The first-order valence-corrected chi connectivity index (χ1v) is 10.3. The quantitative estimate of drug-likeness (QED) is 0.794. The van der Waals surface area contributed by atoms with Gasteiger partial charge in [0.1, 0.15) is 5.75 Å². The molecule has 1 amide bonds. The number of para-hydroxylation sites is 2. The molecule has 0 spiro atoms. The fourth-order valence-electron chi connectivity index (χ4n) is 3.40. The van der Waals surface area contributed by atoms with Crippen molar-refractivity contribution in [2.24, 2.45) is 0 Å². The predicted molar refractivity (Wildman–Crippen MR) is 94.5 cm³/mol. The van der Waals surface area contributed by atoms with Crippen molar-refractivity contribution in [3.05, 3.63) is 24.3 Å². The lowest BCUT2D eigenvalue weighted by Gasteiger charge is -2.38. The van der Waals surface area contributed by atoms with E-state index in [0.717, 1.165) is 38.0 Å². The Labute approximate surface area is 148 Å². The Balaban J connectivity index is 1.72. The SMILES string of the molecule is O=C([C@@H]1CN(CCCS(=O)(=O)O)c2ccccc2O1)N1CCCCC1. The fourth-order valence-corrected chi connectivity index (χ4v) is 3.90. The molecule has 1 N–H and O–H groups in total. The summed E-state index contributed by atoms with van der Waals surface area (Å²) >= 11 is 0. The molecule has 3 rings (SSSR count). The van der Waals surface area contributed by atoms with Crippen LogP contribution in [0.25, 0.3) is 0 Å². The van der Waals surface area contributed by atoms with Crippen LogP contribution >= 0.6 is 0 Å². The maximum Gasteiger partial charge on any atom is 0.265 e. The molecule has 1 aromatic carbocycles. The van der Waals surface area contributed by atoms with E-state index in [1.54, 1.807) is 0 Å². The second-order valence-corrected chi connectivity index (χ2v) is 8.12. The first kappa shape index (κ1) is 18.0. The molecule has 0 radical (unpaired) electrons. The topological polar surface area (TPSA) is 87.2 Å². The highest BCUT2D eigenvalue weighted by atomic mass is 32.2. The molecule has 0 aliphatic carbocycles. The molecule has 25 heavy (non-hydrogen) atoms. The molecular formula is C17H24N2O5S. The highest BCUT2D eigenvalue weighted by molar-refractivity contribution is 7.85. The van der Waals surface area contributed by atoms with Gasteiger partial charge in [0.15, 0.2) is 6.10 Å². The molecule has 0 bridgehead atoms. The van der Waals surface area contributed by atoms with Crippen LogP contribution in [-0.2, 0) is 14.9 Å². The monoisotopic (exact) mass is 368 g/mol. The van der Waals surface area contributed by atoms with Crippen molar-refractivity contribution in [2.45, 2.75) is 31.8 Å². The molecule has 0 unspecified atom stereocenters. The summed E-state index contributed by atoms with van der Waals surface area (Å²) in [6.45, 7) is 2.36. The number of carbonyl (C=O) groups excluding carboxylic acids is 1. The third-order valence-corrected chi connectivity index (χ3v) is 5.44. The molecule has 8 heteroatoms. The standard InChI is InChI=1S/C17H24N2O5S/c20-17(18-9-4-1-5-10-18)16-13-19(11-6-12-25(21,22)23)14-7-2-3-8-15(14)24-16/h2-3,7-8,16H,1,4-6,9-13H2,(H,21,22,23)/t16-/m0/s1. The minimum atomic E-state index is -3.98. The summed E-state index contributed by atoms with van der Waals surface area (Å²) in [6.07, 6.45) is 2.90. The van der Waals surface area contributed by atoms with Gasteiger partial charge in [-0.1, -0.05) is 12.1 Å². The number of ether oxygens (including phenoxy) is 1. The van der Waals surface area contributed by atoms with Gasteiger partial charge in [-0.25, -0.2) is 0 Å². The minimum absolute atomic E-state index is 0.00557. The highest BCUT2D eigenvalue weighted by Crippen LogP contribution is 2.33. The van der Waals surface area contributed by atoms with Gasteiger partial charge in [-0.2, -0.15) is 8.42 Å². The molecule has 0 saturated carbocycles. The number of hydrogen-bond acceptors (Lipinski definition) is 5. The van der Waals surface area contributed by atoms with Crippen molar-refractivity contribution in [2.75, 3.05) is 36.8 Å². The van der Waals surface area contributed by atoms with Gasteiger partial charge in [-0.15, -0.1) is 0 Å². The number of rotatable bonds is 5. The molecule has 1 fully saturated rings. The average molecular weight is 368 g/mol. The molecule has 2 aliphatic rings. The number of piperidine rings is 1. The van der Waals surface area contributed by atoms with Gasteiger partial charge in [-0.05, 0) is 37.8 Å². The molecular weight excluding hydrogens is 344 g/mol. The zero-order valence-corrected chi connectivity index (χ0v) is 15.0. The largest absolute Gasteiger partial charge is 0.477 e. The lowest BCUT2D eigenvalue weighted by atomic mass is 10.1. The Morgan fingerprint density at radius 3 is 2.64 bits per heavy atom. The Morgan fingerprint density at radius 1 is 1.20 bits per heavy atom. The van der Waals surface area contributed by atoms with Gasteiger partial charge in [0, 0.05) is 19.6 Å². The number of amides is 1. The van der Waals surface area contributed by atoms with E-state index in [0.29, 0.717) is 18.8 Å². The van der Waals surface area contributed by atoms with Crippen LogP contribution in [-0.4, -0.2) is 61.8 Å². The first-order chi connectivity index (χ1) is 11.9. The normalized spacial score (nSPS) is 20.8. The summed E-state index contributed by atoms with van der Waals surface area (Å²) in [6, 6.07) is 7.44. The van der Waals surface area contributed by atoms with Crippen LogP contribution < -0.4 is 9.64 Å². The first-order valence-electron chi connectivity index (χ1n) is 8.68. The lowest BCUT2D eigenvalue weighted by Crippen LogP contribution is -2.51. The maximum atomic E-state index is 12.8. The highest BCUT2D eigenvalue weighted by Gasteiger charge is 2.33. The number of nitrogens with zero attached hydrogens (tertiary/aromatic N) is 2. The van der Waals surface area contributed by atoms with Crippen LogP contribution in [0.3, 0.4) is 0 Å².